The summed E-state index contributed by atoms with van der Waals surface area (Å²) in [5.74, 6) is 0.836. The Morgan fingerprint density at radius 1 is 0.900 bits per heavy atom. The predicted molar refractivity (Wildman–Crippen MR) is 181 cm³/mol. The summed E-state index contributed by atoms with van der Waals surface area (Å²) >= 11 is 0. The second-order valence-corrected chi connectivity index (χ2v) is 13.6. The predicted octanol–water partition coefficient (Wildman–Crippen LogP) is 12.5. The Hall–Kier alpha value is -2.60. The van der Waals surface area contributed by atoms with Gasteiger partial charge in [0.1, 0.15) is 0 Å². The molecule has 2 rings (SSSR count). The summed E-state index contributed by atoms with van der Waals surface area (Å²) in [6.45, 7) is 23.0. The van der Waals surface area contributed by atoms with E-state index in [1.165, 1.54) is 41.6 Å². The molecular formula is C40H58. The molecule has 40 heavy (non-hydrogen) atoms. The van der Waals surface area contributed by atoms with Crippen molar-refractivity contribution in [2.45, 2.75) is 108 Å². The Labute approximate surface area is 248 Å². The zero-order chi connectivity index (χ0) is 29.8. The van der Waals surface area contributed by atoms with E-state index in [1.54, 1.807) is 11.1 Å². The van der Waals surface area contributed by atoms with Crippen molar-refractivity contribution in [3.63, 3.8) is 0 Å². The molecule has 0 saturated heterocycles. The lowest BCUT2D eigenvalue weighted by atomic mass is 9.71. The fourth-order valence-electron chi connectivity index (χ4n) is 5.83. The minimum atomic E-state index is 0.213. The van der Waals surface area contributed by atoms with Crippen LogP contribution < -0.4 is 0 Å². The van der Waals surface area contributed by atoms with Crippen LogP contribution in [0.1, 0.15) is 108 Å². The van der Waals surface area contributed by atoms with Gasteiger partial charge in [-0.15, -0.1) is 0 Å². The molecule has 0 spiro atoms. The van der Waals surface area contributed by atoms with Gasteiger partial charge in [-0.25, -0.2) is 0 Å². The van der Waals surface area contributed by atoms with Crippen molar-refractivity contribution in [2.75, 3.05) is 0 Å². The van der Waals surface area contributed by atoms with Crippen LogP contribution in [0, 0.1) is 22.7 Å². The van der Waals surface area contributed by atoms with E-state index < -0.39 is 0 Å². The lowest BCUT2D eigenvalue weighted by molar-refractivity contribution is 0.360. The van der Waals surface area contributed by atoms with Crippen LogP contribution in [-0.4, -0.2) is 0 Å². The van der Waals surface area contributed by atoms with Crippen LogP contribution in [0.4, 0.5) is 0 Å². The van der Waals surface area contributed by atoms with Crippen molar-refractivity contribution in [3.05, 3.63) is 119 Å². The minimum absolute atomic E-state index is 0.213. The van der Waals surface area contributed by atoms with Crippen molar-refractivity contribution < 1.29 is 0 Å². The number of rotatable bonds is 12. The zero-order valence-corrected chi connectivity index (χ0v) is 27.5. The van der Waals surface area contributed by atoms with Gasteiger partial charge in [0.05, 0.1) is 0 Å². The molecule has 218 valence electrons. The maximum atomic E-state index is 2.45. The highest BCUT2D eigenvalue weighted by molar-refractivity contribution is 5.42. The summed E-state index contributed by atoms with van der Waals surface area (Å²) in [5.41, 5.74) is 9.43. The molecule has 2 atom stereocenters. The van der Waals surface area contributed by atoms with Gasteiger partial charge in [0.2, 0.25) is 0 Å². The third-order valence-corrected chi connectivity index (χ3v) is 8.60. The van der Waals surface area contributed by atoms with Gasteiger partial charge in [-0.3, -0.25) is 0 Å². The van der Waals surface area contributed by atoms with E-state index >= 15 is 0 Å². The molecule has 2 aliphatic carbocycles. The van der Waals surface area contributed by atoms with Gasteiger partial charge < -0.3 is 0 Å². The monoisotopic (exact) mass is 538 g/mol. The average Bonchev–Trinajstić information content (AvgIpc) is 2.85. The molecule has 0 aliphatic heterocycles. The maximum absolute atomic E-state index is 2.45. The van der Waals surface area contributed by atoms with Crippen molar-refractivity contribution >= 4 is 0 Å². The molecule has 0 N–H and O–H groups in total. The second kappa shape index (κ2) is 16.0. The summed E-state index contributed by atoms with van der Waals surface area (Å²) in [5, 5.41) is 0. The molecule has 0 aromatic heterocycles. The molecule has 2 aliphatic rings. The number of hydrogen-bond donors (Lipinski definition) is 0. The Kier molecular flexibility index (Phi) is 13.4. The van der Waals surface area contributed by atoms with E-state index in [9.17, 15) is 0 Å². The summed E-state index contributed by atoms with van der Waals surface area (Å²) in [7, 11) is 0. The number of hydrogen-bond acceptors (Lipinski definition) is 0. The summed E-state index contributed by atoms with van der Waals surface area (Å²) in [6.07, 6.45) is 38.9. The van der Waals surface area contributed by atoms with Crippen LogP contribution >= 0.6 is 0 Å². The van der Waals surface area contributed by atoms with E-state index in [2.05, 4.69) is 154 Å². The normalized spacial score (nSPS) is 22.2. The van der Waals surface area contributed by atoms with Crippen molar-refractivity contribution in [3.8, 4) is 0 Å². The van der Waals surface area contributed by atoms with Gasteiger partial charge in [0.15, 0.2) is 0 Å². The van der Waals surface area contributed by atoms with Crippen LogP contribution in [0.3, 0.4) is 0 Å². The Morgan fingerprint density at radius 3 is 2.20 bits per heavy atom. The topological polar surface area (TPSA) is 0 Å². The minimum Gasteiger partial charge on any atom is -0.0839 e. The molecule has 0 heterocycles. The van der Waals surface area contributed by atoms with Crippen molar-refractivity contribution in [1.29, 1.82) is 0 Å². The molecule has 0 aromatic carbocycles. The quantitative estimate of drug-likeness (QED) is 0.171. The molecule has 0 nitrogen and oxygen atoms in total. The fourth-order valence-corrected chi connectivity index (χ4v) is 5.83. The summed E-state index contributed by atoms with van der Waals surface area (Å²) in [4.78, 5) is 0. The largest absolute Gasteiger partial charge is 0.0839 e. The van der Waals surface area contributed by atoms with Gasteiger partial charge in [-0.2, -0.15) is 0 Å². The van der Waals surface area contributed by atoms with Crippen LogP contribution in [0.25, 0.3) is 0 Å². The van der Waals surface area contributed by atoms with E-state index in [1.807, 2.05) is 0 Å². The Bertz CT molecular complexity index is 1140. The van der Waals surface area contributed by atoms with Gasteiger partial charge in [0.25, 0.3) is 0 Å². The van der Waals surface area contributed by atoms with E-state index in [0.717, 1.165) is 19.3 Å². The first kappa shape index (κ1) is 33.6. The molecule has 0 aromatic rings. The molecule has 0 heteroatoms. The second-order valence-electron chi connectivity index (χ2n) is 13.6. The standard InChI is InChI=1S/C40H58/c1-31(19-13-21-33(3)25-27-37-35(5)23-15-29-39(37,7)8)17-11-12-18-32(2)20-14-22-34(4)26-28-38-36(6)24-16-30-40(38,9)10/h11-15,17-21,23,25-27,31-32H,16,22,24,28-30H2,1-10H3/b17-11+,18-12+,19-13+,20-14+,27-25+,33-21+,34-26+. The summed E-state index contributed by atoms with van der Waals surface area (Å²) in [6, 6.07) is 0. The van der Waals surface area contributed by atoms with Crippen LogP contribution in [-0.2, 0) is 0 Å². The highest BCUT2D eigenvalue weighted by atomic mass is 14.3. The summed E-state index contributed by atoms with van der Waals surface area (Å²) < 4.78 is 0. The van der Waals surface area contributed by atoms with Gasteiger partial charge >= 0.3 is 0 Å². The van der Waals surface area contributed by atoms with E-state index in [-0.39, 0.29) is 5.41 Å². The van der Waals surface area contributed by atoms with Crippen molar-refractivity contribution in [1.82, 2.24) is 0 Å². The third-order valence-electron chi connectivity index (χ3n) is 8.60. The third kappa shape index (κ3) is 11.5. The SMILES string of the molecule is CC1=C(/C=C/C(C)=C/C=C/C(C)/C=C/C=C/C(C)/C=C/C/C(C)=C/CC2=C(C)CCCC2(C)C)C(C)(C)CC=C1. The lowest BCUT2D eigenvalue weighted by Crippen LogP contribution is -2.20. The zero-order valence-electron chi connectivity index (χ0n) is 27.5. The van der Waals surface area contributed by atoms with Crippen LogP contribution in [0.15, 0.2) is 119 Å². The molecule has 0 amide bonds. The van der Waals surface area contributed by atoms with Crippen molar-refractivity contribution in [2.24, 2.45) is 22.7 Å². The molecule has 2 unspecified atom stereocenters. The fraction of sp³-hybridized carbons (Fsp3) is 0.500. The first-order valence-corrected chi connectivity index (χ1v) is 15.6. The van der Waals surface area contributed by atoms with Crippen LogP contribution in [0.5, 0.6) is 0 Å². The van der Waals surface area contributed by atoms with E-state index in [4.69, 9.17) is 0 Å². The molecule has 0 radical (unpaired) electrons. The highest BCUT2D eigenvalue weighted by Gasteiger charge is 2.27. The number of allylic oxidation sites excluding steroid dienone is 20. The van der Waals surface area contributed by atoms with Gasteiger partial charge in [0, 0.05) is 0 Å². The lowest BCUT2D eigenvalue weighted by Gasteiger charge is -2.34. The first-order chi connectivity index (χ1) is 18.8. The smallest absolute Gasteiger partial charge is 0.00664 e. The molecular weight excluding hydrogens is 480 g/mol. The van der Waals surface area contributed by atoms with Gasteiger partial charge in [-0.05, 0) is 100 Å². The average molecular weight is 539 g/mol. The molecule has 0 fully saturated rings. The Balaban J connectivity index is 1.78. The van der Waals surface area contributed by atoms with Gasteiger partial charge in [-0.1, -0.05) is 149 Å². The van der Waals surface area contributed by atoms with E-state index in [0.29, 0.717) is 17.3 Å². The first-order valence-electron chi connectivity index (χ1n) is 15.6. The maximum Gasteiger partial charge on any atom is -0.00664 e. The molecule has 0 bridgehead atoms. The highest BCUT2D eigenvalue weighted by Crippen LogP contribution is 2.42. The van der Waals surface area contributed by atoms with Crippen LogP contribution in [0.2, 0.25) is 0 Å². The molecule has 0 saturated carbocycles. The Morgan fingerprint density at radius 2 is 1.55 bits per heavy atom.